The highest BCUT2D eigenvalue weighted by Gasteiger charge is 2.61. The van der Waals surface area contributed by atoms with Gasteiger partial charge in [-0.3, -0.25) is 9.59 Å². The Morgan fingerprint density at radius 2 is 1.79 bits per heavy atom. The molecule has 184 valence electrons. The highest BCUT2D eigenvalue weighted by Crippen LogP contribution is 2.63. The van der Waals surface area contributed by atoms with Gasteiger partial charge in [0.15, 0.2) is 0 Å². The topological polar surface area (TPSA) is 91.6 Å². The minimum absolute atomic E-state index is 0.0130. The number of aliphatic hydroxyl groups is 1. The number of hydrogen-bond acceptors (Lipinski definition) is 4. The first-order valence-electron chi connectivity index (χ1n) is 12.4. The van der Waals surface area contributed by atoms with Crippen molar-refractivity contribution < 1.29 is 19.1 Å². The molecule has 6 nitrogen and oxygen atoms in total. The van der Waals surface area contributed by atoms with Crippen LogP contribution in [0.15, 0.2) is 53.1 Å². The Labute approximate surface area is 202 Å². The van der Waals surface area contributed by atoms with E-state index < -0.39 is 5.60 Å². The lowest BCUT2D eigenvalue weighted by molar-refractivity contribution is -0.125. The predicted octanol–water partition coefficient (Wildman–Crippen LogP) is 4.37. The van der Waals surface area contributed by atoms with Gasteiger partial charge in [0.05, 0.1) is 24.8 Å². The van der Waals surface area contributed by atoms with Gasteiger partial charge in [0.25, 0.3) is 0 Å². The van der Waals surface area contributed by atoms with Crippen molar-refractivity contribution >= 4 is 11.8 Å². The van der Waals surface area contributed by atoms with Gasteiger partial charge in [-0.2, -0.15) is 0 Å². The largest absolute Gasteiger partial charge is 0.467 e. The zero-order valence-electron chi connectivity index (χ0n) is 20.6. The van der Waals surface area contributed by atoms with Crippen molar-refractivity contribution in [3.8, 4) is 0 Å². The van der Waals surface area contributed by atoms with Gasteiger partial charge >= 0.3 is 0 Å². The molecule has 2 saturated carbocycles. The van der Waals surface area contributed by atoms with Crippen LogP contribution in [0, 0.1) is 16.7 Å². The van der Waals surface area contributed by atoms with E-state index in [0.717, 1.165) is 24.2 Å². The van der Waals surface area contributed by atoms with Crippen LogP contribution < -0.4 is 10.6 Å². The molecule has 1 aromatic heterocycles. The van der Waals surface area contributed by atoms with E-state index in [9.17, 15) is 14.7 Å². The quantitative estimate of drug-likeness (QED) is 0.539. The summed E-state index contributed by atoms with van der Waals surface area (Å²) in [5.41, 5.74) is 0.0298. The highest BCUT2D eigenvalue weighted by molar-refractivity contribution is 5.79. The second-order valence-electron chi connectivity index (χ2n) is 11.3. The van der Waals surface area contributed by atoms with E-state index in [2.05, 4.69) is 24.5 Å². The van der Waals surface area contributed by atoms with Crippen LogP contribution in [0.25, 0.3) is 0 Å². The number of nitrogens with one attached hydrogen (secondary N) is 2. The molecule has 0 saturated heterocycles. The van der Waals surface area contributed by atoms with Gasteiger partial charge in [0.2, 0.25) is 11.8 Å². The number of carbonyl (C=O) groups excluding carboxylic acids is 2. The molecule has 2 aliphatic carbocycles. The Balaban J connectivity index is 1.49. The summed E-state index contributed by atoms with van der Waals surface area (Å²) in [5, 5.41) is 17.2. The number of benzene rings is 1. The van der Waals surface area contributed by atoms with Crippen LogP contribution in [0.2, 0.25) is 0 Å². The molecular weight excluding hydrogens is 428 g/mol. The zero-order valence-corrected chi connectivity index (χ0v) is 20.6. The fourth-order valence-corrected chi connectivity index (χ4v) is 6.49. The summed E-state index contributed by atoms with van der Waals surface area (Å²) < 4.78 is 5.32. The Hall–Kier alpha value is -2.60. The minimum Gasteiger partial charge on any atom is -0.467 e. The Morgan fingerprint density at radius 3 is 2.50 bits per heavy atom. The average molecular weight is 467 g/mol. The summed E-state index contributed by atoms with van der Waals surface area (Å²) in [6.45, 7) is 6.78. The van der Waals surface area contributed by atoms with Gasteiger partial charge in [-0.25, -0.2) is 0 Å². The summed E-state index contributed by atoms with van der Waals surface area (Å²) in [7, 11) is 0. The maximum absolute atomic E-state index is 13.0. The van der Waals surface area contributed by atoms with E-state index in [-0.39, 0.29) is 34.6 Å². The van der Waals surface area contributed by atoms with Gasteiger partial charge in [-0.1, -0.05) is 44.2 Å². The highest BCUT2D eigenvalue weighted by atomic mass is 16.3. The first-order valence-corrected chi connectivity index (χ1v) is 12.4. The molecule has 6 heteroatoms. The molecule has 0 bridgehead atoms. The second kappa shape index (κ2) is 9.57. The normalized spacial score (nSPS) is 29.9. The summed E-state index contributed by atoms with van der Waals surface area (Å²) in [6.07, 6.45) is 6.05. The van der Waals surface area contributed by atoms with E-state index in [0.29, 0.717) is 38.6 Å². The van der Waals surface area contributed by atoms with Crippen LogP contribution in [0.4, 0.5) is 0 Å². The second-order valence-corrected chi connectivity index (χ2v) is 11.3. The average Bonchev–Trinajstić information content (AvgIpc) is 3.37. The van der Waals surface area contributed by atoms with Gasteiger partial charge < -0.3 is 20.2 Å². The van der Waals surface area contributed by atoms with Gasteiger partial charge in [0.1, 0.15) is 5.76 Å². The van der Waals surface area contributed by atoms with Crippen molar-refractivity contribution in [2.45, 2.75) is 83.9 Å². The minimum atomic E-state index is -0.712. The Kier molecular flexibility index (Phi) is 6.90. The molecule has 2 aliphatic rings. The van der Waals surface area contributed by atoms with E-state index >= 15 is 0 Å². The van der Waals surface area contributed by atoms with Crippen molar-refractivity contribution in [1.82, 2.24) is 10.6 Å². The number of hydrogen-bond donors (Lipinski definition) is 3. The fraction of sp³-hybridized carbons (Fsp3) is 0.571. The summed E-state index contributed by atoms with van der Waals surface area (Å²) in [5.74, 6) is 0.961. The summed E-state index contributed by atoms with van der Waals surface area (Å²) in [6, 6.07) is 13.4. The van der Waals surface area contributed by atoms with Crippen molar-refractivity contribution in [3.05, 3.63) is 60.1 Å². The third-order valence-electron chi connectivity index (χ3n) is 8.23. The molecule has 2 aromatic rings. The first-order chi connectivity index (χ1) is 16.1. The molecule has 4 atom stereocenters. The van der Waals surface area contributed by atoms with Crippen LogP contribution in [0.3, 0.4) is 0 Å². The third-order valence-corrected chi connectivity index (χ3v) is 8.23. The predicted molar refractivity (Wildman–Crippen MR) is 131 cm³/mol. The standard InChI is InChI=1S/C28H38N2O4/c1-26(2)18-23(30-25(32)16-20-8-5-4-6-9-20)28(14-13-27(3,33)17-22(26)28)12-11-24(31)29-19-21-10-7-15-34-21/h4-10,15,22-23,33H,11-14,16-19H2,1-3H3,(H,29,31)(H,30,32). The van der Waals surface area contributed by atoms with E-state index in [1.54, 1.807) is 6.26 Å². The molecule has 3 N–H and O–H groups in total. The van der Waals surface area contributed by atoms with Crippen LogP contribution >= 0.6 is 0 Å². The molecule has 4 unspecified atom stereocenters. The van der Waals surface area contributed by atoms with Gasteiger partial charge in [0, 0.05) is 12.5 Å². The van der Waals surface area contributed by atoms with Crippen LogP contribution in [0.5, 0.6) is 0 Å². The zero-order chi connectivity index (χ0) is 24.4. The van der Waals surface area contributed by atoms with E-state index in [4.69, 9.17) is 4.42 Å². The molecule has 0 radical (unpaired) electrons. The molecule has 0 aliphatic heterocycles. The van der Waals surface area contributed by atoms with Gasteiger partial charge in [-0.15, -0.1) is 0 Å². The Bertz CT molecular complexity index is 983. The number of rotatable bonds is 8. The summed E-state index contributed by atoms with van der Waals surface area (Å²) >= 11 is 0. The molecule has 1 aromatic carbocycles. The first kappa shape index (κ1) is 24.5. The molecule has 1 heterocycles. The monoisotopic (exact) mass is 466 g/mol. The number of carbonyl (C=O) groups is 2. The molecule has 34 heavy (non-hydrogen) atoms. The maximum atomic E-state index is 13.0. The van der Waals surface area contributed by atoms with Crippen LogP contribution in [0.1, 0.15) is 70.6 Å². The third kappa shape index (κ3) is 5.38. The smallest absolute Gasteiger partial charge is 0.224 e. The summed E-state index contributed by atoms with van der Waals surface area (Å²) in [4.78, 5) is 25.8. The lowest BCUT2D eigenvalue weighted by Gasteiger charge is -2.50. The van der Waals surface area contributed by atoms with Crippen molar-refractivity contribution in [2.24, 2.45) is 16.7 Å². The maximum Gasteiger partial charge on any atom is 0.224 e. The van der Waals surface area contributed by atoms with Gasteiger partial charge in [-0.05, 0) is 73.5 Å². The molecule has 2 amide bonds. The lowest BCUT2D eigenvalue weighted by atomic mass is 9.57. The number of fused-ring (bicyclic) bond motifs is 1. The fourth-order valence-electron chi connectivity index (χ4n) is 6.49. The number of amides is 2. The van der Waals surface area contributed by atoms with E-state index in [1.165, 1.54) is 0 Å². The SMILES string of the molecule is CC1(O)CCC2(CCC(=O)NCc3ccco3)C(NC(=O)Cc3ccccc3)CC(C)(C)C2C1. The molecule has 4 rings (SSSR count). The van der Waals surface area contributed by atoms with E-state index in [1.807, 2.05) is 49.4 Å². The lowest BCUT2D eigenvalue weighted by Crippen LogP contribution is -2.53. The van der Waals surface area contributed by atoms with Crippen molar-refractivity contribution in [2.75, 3.05) is 0 Å². The molecular formula is C28H38N2O4. The molecule has 2 fully saturated rings. The van der Waals surface area contributed by atoms with Crippen molar-refractivity contribution in [1.29, 1.82) is 0 Å². The van der Waals surface area contributed by atoms with Crippen LogP contribution in [-0.4, -0.2) is 28.6 Å². The van der Waals surface area contributed by atoms with Crippen molar-refractivity contribution in [3.63, 3.8) is 0 Å². The molecule has 0 spiro atoms. The van der Waals surface area contributed by atoms with Crippen LogP contribution in [-0.2, 0) is 22.6 Å². The number of furan rings is 1. The Morgan fingerprint density at radius 1 is 1.03 bits per heavy atom.